The zero-order chi connectivity index (χ0) is 53.1. The first-order valence-electron chi connectivity index (χ1n) is 25.9. The molecule has 4 amide bonds. The van der Waals surface area contributed by atoms with Crippen LogP contribution in [0, 0.1) is 0 Å². The van der Waals surface area contributed by atoms with E-state index < -0.39 is 17.8 Å². The molecule has 1 saturated heterocycles. The zero-order valence-electron chi connectivity index (χ0n) is 43.5. The van der Waals surface area contributed by atoms with Crippen LogP contribution in [0.3, 0.4) is 0 Å². The van der Waals surface area contributed by atoms with Crippen molar-refractivity contribution in [1.29, 1.82) is 0 Å². The van der Waals surface area contributed by atoms with Crippen LogP contribution in [0.15, 0.2) is 145 Å². The predicted octanol–water partition coefficient (Wildman–Crippen LogP) is 14.1. The number of urea groups is 1. The number of hydrogen-bond donors (Lipinski definition) is 0. The third-order valence-electron chi connectivity index (χ3n) is 17.5. The smallest absolute Gasteiger partial charge is 0.333 e. The fraction of sp³-hybridized carbons (Fsp3) is 0.167. The van der Waals surface area contributed by atoms with Gasteiger partial charge >= 0.3 is 6.03 Å². The number of anilines is 3. The van der Waals surface area contributed by atoms with E-state index in [1.807, 2.05) is 72.8 Å². The van der Waals surface area contributed by atoms with Crippen molar-refractivity contribution in [2.24, 2.45) is 0 Å². The number of carbonyl (C=O) groups excluding carboxylic acids is 5. The van der Waals surface area contributed by atoms with Crippen LogP contribution in [0.2, 0.25) is 0 Å². The number of barbiturate groups is 1. The third kappa shape index (κ3) is 5.67. The summed E-state index contributed by atoms with van der Waals surface area (Å²) in [4.78, 5) is 69.4. The number of para-hydroxylation sites is 4. The Morgan fingerprint density at radius 3 is 1.53 bits per heavy atom. The molecule has 11 nitrogen and oxygen atoms in total. The molecule has 0 N–H and O–H groups in total. The van der Waals surface area contributed by atoms with Gasteiger partial charge in [0.25, 0.3) is 11.8 Å². The number of hydrogen-bond acceptors (Lipinski definition) is 8. The molecule has 1 aliphatic carbocycles. The number of allylic oxidation sites excluding steroid dienone is 1. The molecule has 11 heteroatoms. The van der Waals surface area contributed by atoms with E-state index in [2.05, 4.69) is 112 Å². The summed E-state index contributed by atoms with van der Waals surface area (Å²) >= 11 is 0. The van der Waals surface area contributed by atoms with E-state index in [-0.39, 0.29) is 39.0 Å². The molecule has 0 atom stereocenters. The minimum atomic E-state index is -0.622. The highest BCUT2D eigenvalue weighted by atomic mass is 16.5. The molecular formula is C66H48N4O7. The molecule has 7 heterocycles. The van der Waals surface area contributed by atoms with Gasteiger partial charge in [0.05, 0.1) is 33.7 Å². The Bertz CT molecular complexity index is 4390. The van der Waals surface area contributed by atoms with Gasteiger partial charge in [0.15, 0.2) is 34.6 Å². The minimum absolute atomic E-state index is 0.0117. The number of imide groups is 2. The lowest BCUT2D eigenvalue weighted by Crippen LogP contribution is -2.52. The average molecular weight is 1010 g/mol. The van der Waals surface area contributed by atoms with Gasteiger partial charge in [-0.3, -0.25) is 33.9 Å². The van der Waals surface area contributed by atoms with Gasteiger partial charge in [0, 0.05) is 52.2 Å². The molecular weight excluding hydrogens is 961 g/mol. The van der Waals surface area contributed by atoms with E-state index in [1.165, 1.54) is 47.5 Å². The second kappa shape index (κ2) is 14.7. The van der Waals surface area contributed by atoms with Crippen molar-refractivity contribution in [1.82, 2.24) is 14.4 Å². The van der Waals surface area contributed by atoms with Crippen molar-refractivity contribution in [3.05, 3.63) is 200 Å². The summed E-state index contributed by atoms with van der Waals surface area (Å²) in [6.45, 7) is 13.5. The van der Waals surface area contributed by atoms with E-state index in [9.17, 15) is 24.0 Å². The fourth-order valence-electron chi connectivity index (χ4n) is 13.5. The monoisotopic (exact) mass is 1010 g/mol. The number of ether oxygens (including phenoxy) is 2. The van der Waals surface area contributed by atoms with Crippen LogP contribution in [0.5, 0.6) is 23.0 Å². The van der Waals surface area contributed by atoms with Crippen LogP contribution in [-0.4, -0.2) is 57.9 Å². The summed E-state index contributed by atoms with van der Waals surface area (Å²) in [7, 11) is 2.80. The van der Waals surface area contributed by atoms with Gasteiger partial charge in [-0.15, -0.1) is 0 Å². The molecule has 77 heavy (non-hydrogen) atoms. The molecule has 0 saturated carbocycles. The lowest BCUT2D eigenvalue weighted by Gasteiger charge is -2.47. The van der Waals surface area contributed by atoms with E-state index in [4.69, 9.17) is 9.47 Å². The fourth-order valence-corrected chi connectivity index (χ4v) is 13.5. The van der Waals surface area contributed by atoms with Crippen molar-refractivity contribution in [2.45, 2.75) is 57.8 Å². The van der Waals surface area contributed by atoms with E-state index in [1.54, 1.807) is 12.2 Å². The molecule has 1 aromatic heterocycles. The van der Waals surface area contributed by atoms with Gasteiger partial charge in [0.2, 0.25) is 0 Å². The summed E-state index contributed by atoms with van der Waals surface area (Å²) in [5.41, 5.74) is 15.5. The van der Waals surface area contributed by atoms with Crippen LogP contribution in [0.1, 0.15) is 107 Å². The Labute approximate surface area is 442 Å². The first kappa shape index (κ1) is 45.1. The number of rotatable bonds is 2. The number of nitrogens with zero attached hydrogens (tertiary/aromatic N) is 4. The van der Waals surface area contributed by atoms with Crippen LogP contribution in [0.25, 0.3) is 50.4 Å². The lowest BCUT2D eigenvalue weighted by molar-refractivity contribution is -0.134. The SMILES string of the molecule is CC1(C)c2cccc3c2N2c4c(cccc4Oc4cc(C=C5C(=O)c6cc7ccccc7cc6C5=O)cc1c42)O3.CN1C(=O)C(=Cc2cc3c4c(c2)c2cccc5c2n4-c2c(cccc2C3(C)C)C5(C)C)C(=O)N(C)C1=O. The molecule has 16 rings (SSSR count). The topological polar surface area (TPSA) is 118 Å². The number of benzene rings is 8. The summed E-state index contributed by atoms with van der Waals surface area (Å²) in [5, 5.41) is 4.14. The number of aromatic nitrogens is 1. The molecule has 0 bridgehead atoms. The number of carbonyl (C=O) groups is 5. The normalized spacial score (nSPS) is 17.6. The Kier molecular flexibility index (Phi) is 8.62. The largest absolute Gasteiger partial charge is 0.453 e. The Morgan fingerprint density at radius 2 is 0.883 bits per heavy atom. The van der Waals surface area contributed by atoms with Crippen LogP contribution in [-0.2, 0) is 25.8 Å². The molecule has 6 aliphatic heterocycles. The number of Topliss-reactive ketones (excluding diaryl/α,β-unsaturated/α-hetero) is 2. The number of amides is 4. The van der Waals surface area contributed by atoms with Gasteiger partial charge in [-0.1, -0.05) is 120 Å². The summed E-state index contributed by atoms with van der Waals surface area (Å²) in [5.74, 6) is 1.30. The average Bonchev–Trinajstić information content (AvgIpc) is 3.90. The van der Waals surface area contributed by atoms with Crippen LogP contribution < -0.4 is 14.4 Å². The Hall–Kier alpha value is -9.35. The number of likely N-dealkylation sites (N-methyl/N-ethyl adjacent to an activating group) is 2. The van der Waals surface area contributed by atoms with Crippen molar-refractivity contribution in [3.8, 4) is 28.7 Å². The Morgan fingerprint density at radius 1 is 0.416 bits per heavy atom. The van der Waals surface area contributed by atoms with E-state index in [0.717, 1.165) is 87.7 Å². The molecule has 1 fully saturated rings. The maximum atomic E-state index is 13.5. The summed E-state index contributed by atoms with van der Waals surface area (Å²) < 4.78 is 15.3. The highest BCUT2D eigenvalue weighted by Crippen LogP contribution is 2.66. The van der Waals surface area contributed by atoms with E-state index >= 15 is 0 Å². The van der Waals surface area contributed by atoms with Crippen molar-refractivity contribution < 1.29 is 33.4 Å². The van der Waals surface area contributed by atoms with Gasteiger partial charge in [-0.25, -0.2) is 4.79 Å². The van der Waals surface area contributed by atoms with Gasteiger partial charge in [-0.2, -0.15) is 0 Å². The summed E-state index contributed by atoms with van der Waals surface area (Å²) in [6, 6.07) is 44.2. The molecule has 374 valence electrons. The molecule has 0 radical (unpaired) electrons. The predicted molar refractivity (Wildman–Crippen MR) is 298 cm³/mol. The van der Waals surface area contributed by atoms with Crippen molar-refractivity contribution >= 4 is 91.2 Å². The first-order chi connectivity index (χ1) is 36.9. The van der Waals surface area contributed by atoms with Gasteiger partial charge in [-0.05, 0) is 122 Å². The molecule has 0 unspecified atom stereocenters. The van der Waals surface area contributed by atoms with Crippen LogP contribution >= 0.6 is 0 Å². The zero-order valence-corrected chi connectivity index (χ0v) is 43.5. The third-order valence-corrected chi connectivity index (χ3v) is 17.5. The quantitative estimate of drug-likeness (QED) is 0.124. The van der Waals surface area contributed by atoms with Crippen molar-refractivity contribution in [3.63, 3.8) is 0 Å². The van der Waals surface area contributed by atoms with Gasteiger partial charge in [0.1, 0.15) is 11.3 Å². The Balaban J connectivity index is 0.000000135. The number of ketones is 2. The highest BCUT2D eigenvalue weighted by molar-refractivity contribution is 6.42. The lowest BCUT2D eigenvalue weighted by atomic mass is 9.68. The minimum Gasteiger partial charge on any atom is -0.453 e. The maximum Gasteiger partial charge on any atom is 0.333 e. The van der Waals surface area contributed by atoms with E-state index in [0.29, 0.717) is 22.6 Å². The molecule has 9 aromatic rings. The molecule has 7 aliphatic rings. The maximum absolute atomic E-state index is 13.5. The van der Waals surface area contributed by atoms with Crippen LogP contribution in [0.4, 0.5) is 21.9 Å². The molecule has 8 aromatic carbocycles. The number of fused-ring (bicyclic) bond motifs is 3. The van der Waals surface area contributed by atoms with Crippen molar-refractivity contribution in [2.75, 3.05) is 19.0 Å². The molecule has 0 spiro atoms. The standard InChI is InChI=1S/C35H21NO4.C31H27N3O3/c1-35(2)24-9-5-10-26-30(24)36-31-25(35)14-18(15-29(31)40-28-12-6-11-27(39-26)32(28)36)13-23-33(37)21-16-19-7-3-4-8-20(19)17-22(21)34(23)38;1-30(2)20-10-7-9-17-18-13-16(14-19-27(35)32(5)29(37)33(6)28(19)36)15-23-25(18)34(24(17)20)26-21(30)11-8-12-22(26)31(23,3)4/h3-17H,1-2H3;7-15H,1-6H3. The highest BCUT2D eigenvalue weighted by Gasteiger charge is 2.48. The second-order valence-electron chi connectivity index (χ2n) is 22.8. The van der Waals surface area contributed by atoms with Gasteiger partial charge < -0.3 is 14.0 Å². The summed E-state index contributed by atoms with van der Waals surface area (Å²) in [6.07, 6.45) is 3.36. The second-order valence-corrected chi connectivity index (χ2v) is 22.8. The first-order valence-corrected chi connectivity index (χ1v) is 25.9.